The number of nitrogens with zero attached hydrogens (tertiary/aromatic N) is 1. The number of hydrogen-bond donors (Lipinski definition) is 3. The van der Waals surface area contributed by atoms with Crippen LogP contribution in [0.15, 0.2) is 36.5 Å². The summed E-state index contributed by atoms with van der Waals surface area (Å²) in [6.07, 6.45) is -7.91. The van der Waals surface area contributed by atoms with Gasteiger partial charge in [0.2, 0.25) is 5.88 Å². The molecule has 0 fully saturated rings. The molecule has 1 heterocycles. The van der Waals surface area contributed by atoms with E-state index in [0.717, 1.165) is 6.07 Å². The molecule has 0 radical (unpaired) electrons. The van der Waals surface area contributed by atoms with E-state index in [1.54, 1.807) is 0 Å². The number of ether oxygens (including phenoxy) is 2. The molecule has 2 aromatic rings. The summed E-state index contributed by atoms with van der Waals surface area (Å²) in [5.41, 5.74) is 0.428. The molecule has 31 heavy (non-hydrogen) atoms. The molecular formula is C19H20F5N3O4. The Bertz CT molecular complexity index is 901. The number of hydrogen-bond acceptors (Lipinski definition) is 6. The minimum atomic E-state index is -4.57. The number of nitrogens with one attached hydrogen (secondary N) is 2. The largest absolute Gasteiger partial charge is 0.467 e. The van der Waals surface area contributed by atoms with Crippen LogP contribution in [0.3, 0.4) is 0 Å². The van der Waals surface area contributed by atoms with Crippen LogP contribution < -0.4 is 20.1 Å². The highest BCUT2D eigenvalue weighted by Crippen LogP contribution is 2.26. The zero-order valence-corrected chi connectivity index (χ0v) is 16.5. The molecule has 0 saturated heterocycles. The molecule has 1 atom stereocenters. The maximum Gasteiger partial charge on any atom is 0.422 e. The van der Waals surface area contributed by atoms with Crippen LogP contribution in [0.5, 0.6) is 11.6 Å². The third kappa shape index (κ3) is 8.62. The quantitative estimate of drug-likeness (QED) is 0.400. The number of pyridine rings is 1. The van der Waals surface area contributed by atoms with Crippen LogP contribution in [0.4, 0.5) is 27.6 Å². The molecule has 0 aliphatic heterocycles. The molecule has 3 N–H and O–H groups in total. The van der Waals surface area contributed by atoms with E-state index in [1.807, 2.05) is 0 Å². The van der Waals surface area contributed by atoms with Crippen LogP contribution >= 0.6 is 0 Å². The lowest BCUT2D eigenvalue weighted by Gasteiger charge is -2.16. The predicted octanol–water partition coefficient (Wildman–Crippen LogP) is 3.69. The average Bonchev–Trinajstić information content (AvgIpc) is 2.63. The van der Waals surface area contributed by atoms with E-state index in [2.05, 4.69) is 25.1 Å². The van der Waals surface area contributed by atoms with Crippen molar-refractivity contribution in [1.82, 2.24) is 10.3 Å². The summed E-state index contributed by atoms with van der Waals surface area (Å²) < 4.78 is 72.1. The Morgan fingerprint density at radius 3 is 2.55 bits per heavy atom. The van der Waals surface area contributed by atoms with Gasteiger partial charge in [0, 0.05) is 25.2 Å². The summed E-state index contributed by atoms with van der Waals surface area (Å²) in [7, 11) is 0. The predicted molar refractivity (Wildman–Crippen MR) is 100.0 cm³/mol. The van der Waals surface area contributed by atoms with Crippen LogP contribution in [0.1, 0.15) is 29.8 Å². The number of benzene rings is 1. The average molecular weight is 449 g/mol. The summed E-state index contributed by atoms with van der Waals surface area (Å²) in [5, 5.41) is 14.5. The molecule has 0 saturated carbocycles. The molecular weight excluding hydrogens is 429 g/mol. The topological polar surface area (TPSA) is 92.7 Å². The fourth-order valence-corrected chi connectivity index (χ4v) is 2.38. The zero-order valence-electron chi connectivity index (χ0n) is 16.5. The van der Waals surface area contributed by atoms with Crippen molar-refractivity contribution in [2.45, 2.75) is 38.9 Å². The fourth-order valence-electron chi connectivity index (χ4n) is 2.38. The number of rotatable bonds is 9. The smallest absolute Gasteiger partial charge is 0.422 e. The molecule has 1 aromatic carbocycles. The lowest BCUT2D eigenvalue weighted by atomic mass is 10.2. The second-order valence-corrected chi connectivity index (χ2v) is 6.54. The van der Waals surface area contributed by atoms with Crippen molar-refractivity contribution >= 4 is 11.6 Å². The van der Waals surface area contributed by atoms with E-state index >= 15 is 0 Å². The summed E-state index contributed by atoms with van der Waals surface area (Å²) in [5.74, 6) is -1.18. The van der Waals surface area contributed by atoms with Gasteiger partial charge in [0.05, 0.1) is 5.69 Å². The standard InChI is InChI=1S/C19H20F5N3O4/c1-11(28)27-15-6-12(9-26-17(15)30-10-19(22,23)24)8-25-16(29)13-4-3-5-14(7-13)31-18(2,20)21/h3-7,9,11,27-28H,8,10H2,1-2H3,(H,25,29)/t11-/m1/s1. The van der Waals surface area contributed by atoms with Crippen molar-refractivity contribution in [3.63, 3.8) is 0 Å². The van der Waals surface area contributed by atoms with Crippen LogP contribution in [-0.2, 0) is 6.54 Å². The van der Waals surface area contributed by atoms with Crippen LogP contribution in [-0.4, -0.2) is 41.1 Å². The first-order valence-electron chi connectivity index (χ1n) is 8.90. The number of amides is 1. The van der Waals surface area contributed by atoms with Gasteiger partial charge in [0.25, 0.3) is 5.91 Å². The number of carbonyl (C=O) groups excluding carboxylic acids is 1. The number of aromatic nitrogens is 1. The van der Waals surface area contributed by atoms with E-state index in [-0.39, 0.29) is 29.4 Å². The molecule has 0 bridgehead atoms. The summed E-state index contributed by atoms with van der Waals surface area (Å²) in [4.78, 5) is 16.1. The highest BCUT2D eigenvalue weighted by Gasteiger charge is 2.29. The number of aliphatic hydroxyl groups is 1. The van der Waals surface area contributed by atoms with Gasteiger partial charge in [0.1, 0.15) is 12.0 Å². The van der Waals surface area contributed by atoms with Gasteiger partial charge in [0.15, 0.2) is 6.61 Å². The summed E-state index contributed by atoms with van der Waals surface area (Å²) in [6.45, 7) is 0.249. The first kappa shape index (κ1) is 24.1. The minimum Gasteiger partial charge on any atom is -0.467 e. The molecule has 170 valence electrons. The summed E-state index contributed by atoms with van der Waals surface area (Å²) in [6, 6.07) is 6.52. The van der Waals surface area contributed by atoms with E-state index in [1.165, 1.54) is 37.4 Å². The van der Waals surface area contributed by atoms with Gasteiger partial charge >= 0.3 is 12.3 Å². The van der Waals surface area contributed by atoms with Crippen LogP contribution in [0.2, 0.25) is 0 Å². The summed E-state index contributed by atoms with van der Waals surface area (Å²) >= 11 is 0. The van der Waals surface area contributed by atoms with Crippen molar-refractivity contribution in [3.05, 3.63) is 47.7 Å². The van der Waals surface area contributed by atoms with Gasteiger partial charge in [-0.3, -0.25) is 4.79 Å². The van der Waals surface area contributed by atoms with Gasteiger partial charge in [-0.1, -0.05) is 6.07 Å². The SMILES string of the molecule is C[C@@H](O)Nc1cc(CNC(=O)c2cccc(OC(C)(F)F)c2)cnc1OCC(F)(F)F. The van der Waals surface area contributed by atoms with Crippen molar-refractivity contribution in [3.8, 4) is 11.6 Å². The molecule has 1 amide bonds. The number of halogens is 5. The van der Waals surface area contributed by atoms with E-state index in [0.29, 0.717) is 12.5 Å². The van der Waals surface area contributed by atoms with Gasteiger partial charge in [-0.05, 0) is 36.8 Å². The lowest BCUT2D eigenvalue weighted by molar-refractivity contribution is -0.159. The van der Waals surface area contributed by atoms with Crippen molar-refractivity contribution in [1.29, 1.82) is 0 Å². The van der Waals surface area contributed by atoms with Crippen molar-refractivity contribution in [2.75, 3.05) is 11.9 Å². The molecule has 12 heteroatoms. The Hall–Kier alpha value is -3.15. The Morgan fingerprint density at radius 1 is 1.23 bits per heavy atom. The molecule has 2 rings (SSSR count). The molecule has 7 nitrogen and oxygen atoms in total. The first-order chi connectivity index (χ1) is 14.3. The molecule has 0 aliphatic rings. The van der Waals surface area contributed by atoms with Crippen molar-refractivity contribution in [2.24, 2.45) is 0 Å². The fraction of sp³-hybridized carbons (Fsp3) is 0.368. The van der Waals surface area contributed by atoms with Crippen molar-refractivity contribution < 1.29 is 41.3 Å². The monoisotopic (exact) mass is 449 g/mol. The molecule has 1 aromatic heterocycles. The highest BCUT2D eigenvalue weighted by molar-refractivity contribution is 5.94. The second kappa shape index (κ2) is 9.77. The van der Waals surface area contributed by atoms with Crippen LogP contribution in [0, 0.1) is 0 Å². The van der Waals surface area contributed by atoms with Gasteiger partial charge in [-0.15, -0.1) is 0 Å². The molecule has 0 spiro atoms. The van der Waals surface area contributed by atoms with Gasteiger partial charge < -0.3 is 25.2 Å². The Balaban J connectivity index is 2.08. The van der Waals surface area contributed by atoms with E-state index in [9.17, 15) is 31.9 Å². The first-order valence-corrected chi connectivity index (χ1v) is 8.90. The molecule has 0 unspecified atom stereocenters. The number of alkyl halides is 5. The number of carbonyl (C=O) groups is 1. The third-order valence-corrected chi connectivity index (χ3v) is 3.49. The Morgan fingerprint density at radius 2 is 1.94 bits per heavy atom. The number of anilines is 1. The Labute approximate surface area is 174 Å². The van der Waals surface area contributed by atoms with Crippen LogP contribution in [0.25, 0.3) is 0 Å². The zero-order chi connectivity index (χ0) is 23.2. The van der Waals surface area contributed by atoms with E-state index in [4.69, 9.17) is 0 Å². The van der Waals surface area contributed by atoms with E-state index < -0.39 is 31.0 Å². The second-order valence-electron chi connectivity index (χ2n) is 6.54. The number of aliphatic hydroxyl groups excluding tert-OH is 1. The maximum absolute atomic E-state index is 13.0. The van der Waals surface area contributed by atoms with Gasteiger partial charge in [-0.25, -0.2) is 4.98 Å². The lowest BCUT2D eigenvalue weighted by Crippen LogP contribution is -2.24. The molecule has 0 aliphatic carbocycles. The van der Waals surface area contributed by atoms with Gasteiger partial charge in [-0.2, -0.15) is 22.0 Å². The highest BCUT2D eigenvalue weighted by atomic mass is 19.4. The Kier molecular flexibility index (Phi) is 7.60. The normalized spacial score (nSPS) is 12.8. The maximum atomic E-state index is 13.0. The minimum absolute atomic E-state index is 0.00780. The third-order valence-electron chi connectivity index (χ3n) is 3.49.